The third-order valence-corrected chi connectivity index (χ3v) is 8.11. The Labute approximate surface area is 179 Å². The Morgan fingerprint density at radius 2 is 1.79 bits per heavy atom. The fraction of sp³-hybridized carbons (Fsp3) is 0.920. The normalized spacial score (nSPS) is 41.9. The van der Waals surface area contributed by atoms with Crippen molar-refractivity contribution >= 4 is 0 Å². The third-order valence-electron chi connectivity index (χ3n) is 8.11. The largest absolute Gasteiger partial charge is 0.400 e. The van der Waals surface area contributed by atoms with Crippen molar-refractivity contribution in [3.8, 4) is 0 Å². The van der Waals surface area contributed by atoms with E-state index in [-0.39, 0.29) is 17.8 Å². The second-order valence-corrected chi connectivity index (χ2v) is 9.45. The first-order valence-corrected chi connectivity index (χ1v) is 12.0. The van der Waals surface area contributed by atoms with Gasteiger partial charge in [-0.1, -0.05) is 59.5 Å². The molecule has 0 aromatic rings. The van der Waals surface area contributed by atoms with Crippen LogP contribution in [0.1, 0.15) is 86.0 Å². The molecule has 2 saturated heterocycles. The van der Waals surface area contributed by atoms with Gasteiger partial charge >= 0.3 is 0 Å². The van der Waals surface area contributed by atoms with Crippen LogP contribution in [-0.2, 0) is 9.47 Å². The Morgan fingerprint density at radius 3 is 2.28 bits per heavy atom. The van der Waals surface area contributed by atoms with Gasteiger partial charge in [-0.3, -0.25) is 0 Å². The van der Waals surface area contributed by atoms with Gasteiger partial charge in [0.05, 0.1) is 30.5 Å². The van der Waals surface area contributed by atoms with E-state index in [1.807, 2.05) is 6.08 Å². The molecule has 2 saturated carbocycles. The molecule has 7 atom stereocenters. The number of rotatable bonds is 6. The minimum absolute atomic E-state index is 0.116. The quantitative estimate of drug-likeness (QED) is 0.597. The second-order valence-electron chi connectivity index (χ2n) is 9.45. The molecule has 2 heterocycles. The monoisotopic (exact) mass is 410 g/mol. The number of aliphatic hydroxyl groups is 2. The lowest BCUT2D eigenvalue weighted by Gasteiger charge is -2.67. The van der Waals surface area contributed by atoms with E-state index in [4.69, 9.17) is 14.6 Å². The molecule has 4 heteroatoms. The van der Waals surface area contributed by atoms with E-state index in [9.17, 15) is 5.11 Å². The van der Waals surface area contributed by atoms with Gasteiger partial charge < -0.3 is 19.7 Å². The molecule has 4 aliphatic rings. The SMILES string of the molecule is CCCC1(/C(C)=C\CO)OC2CC34OCC3CCC4C(C)C21.CCCCC.CO. The van der Waals surface area contributed by atoms with Crippen LogP contribution in [0, 0.1) is 23.7 Å². The van der Waals surface area contributed by atoms with Crippen LogP contribution >= 0.6 is 0 Å². The van der Waals surface area contributed by atoms with E-state index >= 15 is 0 Å². The number of fused-ring (bicyclic) bond motifs is 1. The smallest absolute Gasteiger partial charge is 0.0948 e. The molecule has 0 radical (unpaired) electrons. The summed E-state index contributed by atoms with van der Waals surface area (Å²) in [5, 5.41) is 16.3. The molecule has 4 nitrogen and oxygen atoms in total. The van der Waals surface area contributed by atoms with Crippen LogP contribution < -0.4 is 0 Å². The van der Waals surface area contributed by atoms with Crippen LogP contribution in [-0.4, -0.2) is 47.8 Å². The van der Waals surface area contributed by atoms with Crippen LogP contribution in [0.3, 0.4) is 0 Å². The standard InChI is InChI=1S/C19H30O3.C5H12.CH4O/c1-4-8-18(12(2)7-9-20)17-13(3)15-6-5-14-11-21-19(14,15)10-16(17)22-18;1-3-5-4-2;1-2/h7,13-17,20H,4-6,8-11H2,1-3H3;3-5H2,1-2H3;2H,1H3/b12-7-;;. The molecule has 2 aliphatic carbocycles. The summed E-state index contributed by atoms with van der Waals surface area (Å²) in [6.07, 6.45) is 12.4. The van der Waals surface area contributed by atoms with Crippen LogP contribution in [0.25, 0.3) is 0 Å². The van der Waals surface area contributed by atoms with E-state index in [2.05, 4.69) is 34.6 Å². The van der Waals surface area contributed by atoms with E-state index in [1.54, 1.807) is 0 Å². The van der Waals surface area contributed by atoms with Gasteiger partial charge in [-0.15, -0.1) is 0 Å². The average Bonchev–Trinajstić information content (AvgIpc) is 2.94. The average molecular weight is 411 g/mol. The molecular weight excluding hydrogens is 364 g/mol. The molecule has 2 aliphatic heterocycles. The molecule has 0 aromatic heterocycles. The zero-order valence-corrected chi connectivity index (χ0v) is 19.7. The second kappa shape index (κ2) is 10.7. The third kappa shape index (κ3) is 4.20. The van der Waals surface area contributed by atoms with E-state index < -0.39 is 0 Å². The minimum atomic E-state index is -0.120. The van der Waals surface area contributed by atoms with Crippen molar-refractivity contribution in [2.45, 2.75) is 103 Å². The molecule has 4 rings (SSSR count). The maximum atomic E-state index is 9.33. The fourth-order valence-corrected chi connectivity index (χ4v) is 6.82. The summed E-state index contributed by atoms with van der Waals surface area (Å²) in [5.74, 6) is 2.77. The molecule has 29 heavy (non-hydrogen) atoms. The molecule has 0 aromatic carbocycles. The molecule has 0 bridgehead atoms. The molecule has 4 fully saturated rings. The zero-order chi connectivity index (χ0) is 21.7. The highest BCUT2D eigenvalue weighted by Crippen LogP contribution is 2.66. The zero-order valence-electron chi connectivity index (χ0n) is 19.7. The number of unbranched alkanes of at least 4 members (excludes halogenated alkanes) is 2. The van der Waals surface area contributed by atoms with E-state index in [0.29, 0.717) is 17.9 Å². The summed E-state index contributed by atoms with van der Waals surface area (Å²) in [4.78, 5) is 0. The summed E-state index contributed by atoms with van der Waals surface area (Å²) in [6.45, 7) is 12.3. The van der Waals surface area contributed by atoms with Gasteiger partial charge in [0.25, 0.3) is 0 Å². The molecular formula is C25H46O4. The lowest BCUT2D eigenvalue weighted by atomic mass is 9.52. The van der Waals surface area contributed by atoms with E-state index in [0.717, 1.165) is 44.8 Å². The van der Waals surface area contributed by atoms with Crippen molar-refractivity contribution in [3.05, 3.63) is 11.6 Å². The van der Waals surface area contributed by atoms with Crippen LogP contribution in [0.15, 0.2) is 11.6 Å². The number of aliphatic hydroxyl groups excluding tert-OH is 2. The lowest BCUT2D eigenvalue weighted by Crippen LogP contribution is -2.72. The van der Waals surface area contributed by atoms with Crippen molar-refractivity contribution in [1.29, 1.82) is 0 Å². The Balaban J connectivity index is 0.000000378. The topological polar surface area (TPSA) is 58.9 Å². The maximum Gasteiger partial charge on any atom is 0.0948 e. The van der Waals surface area contributed by atoms with Gasteiger partial charge in [-0.05, 0) is 43.6 Å². The van der Waals surface area contributed by atoms with Crippen LogP contribution in [0.2, 0.25) is 0 Å². The highest BCUT2D eigenvalue weighted by molar-refractivity contribution is 5.28. The molecule has 7 unspecified atom stereocenters. The highest BCUT2D eigenvalue weighted by Gasteiger charge is 2.70. The predicted molar refractivity (Wildman–Crippen MR) is 119 cm³/mol. The Bertz CT molecular complexity index is 531. The molecule has 1 spiro atoms. The van der Waals surface area contributed by atoms with Crippen molar-refractivity contribution in [3.63, 3.8) is 0 Å². The molecule has 0 amide bonds. The summed E-state index contributed by atoms with van der Waals surface area (Å²) in [5.41, 5.74) is 1.28. The van der Waals surface area contributed by atoms with Crippen LogP contribution in [0.4, 0.5) is 0 Å². The summed E-state index contributed by atoms with van der Waals surface area (Å²) in [6, 6.07) is 0. The van der Waals surface area contributed by atoms with Crippen molar-refractivity contribution in [1.82, 2.24) is 0 Å². The van der Waals surface area contributed by atoms with Gasteiger partial charge in [0.2, 0.25) is 0 Å². The van der Waals surface area contributed by atoms with Crippen molar-refractivity contribution in [2.24, 2.45) is 23.7 Å². The van der Waals surface area contributed by atoms with Crippen molar-refractivity contribution < 1.29 is 19.7 Å². The van der Waals surface area contributed by atoms with Gasteiger partial charge in [-0.2, -0.15) is 0 Å². The number of ether oxygens (including phenoxy) is 2. The Hall–Kier alpha value is -0.420. The number of hydrogen-bond donors (Lipinski definition) is 2. The van der Waals surface area contributed by atoms with E-state index in [1.165, 1.54) is 37.7 Å². The first-order valence-electron chi connectivity index (χ1n) is 12.0. The predicted octanol–water partition coefficient (Wildman–Crippen LogP) is 5.12. The maximum absolute atomic E-state index is 9.33. The lowest BCUT2D eigenvalue weighted by molar-refractivity contribution is -0.339. The fourth-order valence-electron chi connectivity index (χ4n) is 6.82. The first kappa shape index (κ1) is 24.8. The molecule has 2 N–H and O–H groups in total. The number of hydrogen-bond acceptors (Lipinski definition) is 4. The summed E-state index contributed by atoms with van der Waals surface area (Å²) < 4.78 is 12.7. The minimum Gasteiger partial charge on any atom is -0.400 e. The summed E-state index contributed by atoms with van der Waals surface area (Å²) in [7, 11) is 1.00. The summed E-state index contributed by atoms with van der Waals surface area (Å²) >= 11 is 0. The highest BCUT2D eigenvalue weighted by atomic mass is 16.6. The van der Waals surface area contributed by atoms with Gasteiger partial charge in [0.15, 0.2) is 0 Å². The van der Waals surface area contributed by atoms with Gasteiger partial charge in [-0.25, -0.2) is 0 Å². The molecule has 170 valence electrons. The first-order chi connectivity index (χ1) is 14.0. The Morgan fingerprint density at radius 1 is 1.10 bits per heavy atom. The van der Waals surface area contributed by atoms with Crippen LogP contribution in [0.5, 0.6) is 0 Å². The van der Waals surface area contributed by atoms with Gasteiger partial charge in [0, 0.05) is 25.4 Å². The van der Waals surface area contributed by atoms with Gasteiger partial charge in [0.1, 0.15) is 0 Å². The Kier molecular flexibility index (Phi) is 9.21. The van der Waals surface area contributed by atoms with Crippen molar-refractivity contribution in [2.75, 3.05) is 20.3 Å².